The number of hydrogen-bond donors (Lipinski definition) is 2. The van der Waals surface area contributed by atoms with Crippen LogP contribution in [-0.2, 0) is 6.54 Å². The van der Waals surface area contributed by atoms with Crippen LogP contribution in [-0.4, -0.2) is 58.8 Å². The highest BCUT2D eigenvalue weighted by molar-refractivity contribution is 9.10. The van der Waals surface area contributed by atoms with Crippen molar-refractivity contribution in [3.05, 3.63) is 50.7 Å². The first-order valence-corrected chi connectivity index (χ1v) is 11.7. The summed E-state index contributed by atoms with van der Waals surface area (Å²) in [6.07, 6.45) is 5.34. The van der Waals surface area contributed by atoms with Gasteiger partial charge in [-0.2, -0.15) is 4.98 Å². The fourth-order valence-electron chi connectivity index (χ4n) is 5.41. The first kappa shape index (κ1) is 21.4. The summed E-state index contributed by atoms with van der Waals surface area (Å²) in [5, 5.41) is 3.01. The van der Waals surface area contributed by atoms with Crippen molar-refractivity contribution < 1.29 is 18.4 Å². The minimum absolute atomic E-state index is 0.0353. The van der Waals surface area contributed by atoms with Crippen LogP contribution in [0.25, 0.3) is 0 Å². The molecule has 2 atom stereocenters. The Morgan fingerprint density at radius 2 is 2.28 bits per heavy atom. The largest absolute Gasteiger partial charge is 0.491 e. The number of piperidine rings is 1. The van der Waals surface area contributed by atoms with Gasteiger partial charge in [0.05, 0.1) is 32.4 Å². The van der Waals surface area contributed by atoms with Crippen LogP contribution in [0.5, 0.6) is 5.75 Å². The number of carbonyl (C=O) groups excluding carboxylic acids is 1. The lowest BCUT2D eigenvalue weighted by atomic mass is 9.97. The van der Waals surface area contributed by atoms with Crippen molar-refractivity contribution in [2.75, 3.05) is 31.6 Å². The number of hydrogen-bond acceptors (Lipinski definition) is 5. The van der Waals surface area contributed by atoms with Gasteiger partial charge >= 0.3 is 11.7 Å². The van der Waals surface area contributed by atoms with Crippen LogP contribution in [0.1, 0.15) is 31.2 Å². The van der Waals surface area contributed by atoms with E-state index in [9.17, 15) is 14.0 Å². The zero-order chi connectivity index (χ0) is 22.5. The SMILES string of the molecule is COc1cnc(=O)[nH]c1N1CCC[C@]2(C1)C[N+]2(C(=O)NCc1ccc(Br)cc1F)C1CC1. The molecule has 2 amide bonds. The van der Waals surface area contributed by atoms with Gasteiger partial charge in [-0.25, -0.2) is 18.5 Å². The number of methoxy groups -OCH3 is 1. The van der Waals surface area contributed by atoms with Crippen LogP contribution in [0.4, 0.5) is 15.0 Å². The lowest BCUT2D eigenvalue weighted by Crippen LogP contribution is -2.54. The summed E-state index contributed by atoms with van der Waals surface area (Å²) >= 11 is 3.26. The van der Waals surface area contributed by atoms with Crippen molar-refractivity contribution in [1.82, 2.24) is 15.3 Å². The Morgan fingerprint density at radius 3 is 3.00 bits per heavy atom. The smallest absolute Gasteiger partial charge is 0.417 e. The molecule has 5 rings (SSSR count). The lowest BCUT2D eigenvalue weighted by Gasteiger charge is -2.35. The molecule has 2 N–H and O–H groups in total. The van der Waals surface area contributed by atoms with E-state index in [2.05, 4.69) is 36.1 Å². The first-order chi connectivity index (χ1) is 15.4. The van der Waals surface area contributed by atoms with Gasteiger partial charge < -0.3 is 15.0 Å². The number of quaternary nitrogens is 1. The van der Waals surface area contributed by atoms with Gasteiger partial charge in [-0.1, -0.05) is 22.0 Å². The van der Waals surface area contributed by atoms with Gasteiger partial charge in [0.1, 0.15) is 12.4 Å². The molecule has 3 heterocycles. The van der Waals surface area contributed by atoms with Crippen molar-refractivity contribution in [3.8, 4) is 5.75 Å². The van der Waals surface area contributed by atoms with Crippen molar-refractivity contribution >= 4 is 27.8 Å². The third-order valence-electron chi connectivity index (χ3n) is 7.11. The van der Waals surface area contributed by atoms with Gasteiger partial charge in [0, 0.05) is 35.8 Å². The molecule has 3 fully saturated rings. The van der Waals surface area contributed by atoms with E-state index in [0.29, 0.717) is 38.7 Å². The third kappa shape index (κ3) is 3.49. The molecule has 3 aliphatic rings. The minimum Gasteiger partial charge on any atom is -0.491 e. The third-order valence-corrected chi connectivity index (χ3v) is 7.61. The van der Waals surface area contributed by atoms with Gasteiger partial charge in [-0.05, 0) is 18.6 Å². The lowest BCUT2D eigenvalue weighted by molar-refractivity contribution is -0.758. The number of rotatable bonds is 5. The van der Waals surface area contributed by atoms with E-state index in [1.54, 1.807) is 19.2 Å². The van der Waals surface area contributed by atoms with Gasteiger partial charge in [0.15, 0.2) is 17.1 Å². The number of halogens is 2. The Hall–Kier alpha value is -2.46. The molecule has 1 aromatic heterocycles. The number of ether oxygens (including phenoxy) is 1. The normalized spacial score (nSPS) is 26.8. The molecule has 2 aromatic rings. The summed E-state index contributed by atoms with van der Waals surface area (Å²) in [6, 6.07) is 5.15. The molecule has 1 aliphatic carbocycles. The van der Waals surface area contributed by atoms with E-state index in [1.165, 1.54) is 12.3 Å². The number of nitrogens with one attached hydrogen (secondary N) is 2. The summed E-state index contributed by atoms with van der Waals surface area (Å²) in [5.41, 5.74) is -0.156. The summed E-state index contributed by atoms with van der Waals surface area (Å²) in [6.45, 7) is 2.35. The number of urea groups is 1. The average molecular weight is 507 g/mol. The van der Waals surface area contributed by atoms with Crippen LogP contribution in [0.2, 0.25) is 0 Å². The zero-order valence-corrected chi connectivity index (χ0v) is 19.5. The molecule has 0 bridgehead atoms. The summed E-state index contributed by atoms with van der Waals surface area (Å²) in [4.78, 5) is 34.0. The number of nitrogens with zero attached hydrogens (tertiary/aromatic N) is 3. The van der Waals surface area contributed by atoms with Crippen LogP contribution >= 0.6 is 15.9 Å². The fraction of sp³-hybridized carbons (Fsp3) is 0.500. The summed E-state index contributed by atoms with van der Waals surface area (Å²) in [7, 11) is 1.55. The molecule has 8 nitrogen and oxygen atoms in total. The van der Waals surface area contributed by atoms with Crippen molar-refractivity contribution in [3.63, 3.8) is 0 Å². The van der Waals surface area contributed by atoms with Crippen LogP contribution in [0.3, 0.4) is 0 Å². The number of anilines is 1. The second-order valence-corrected chi connectivity index (χ2v) is 9.92. The summed E-state index contributed by atoms with van der Waals surface area (Å²) in [5.74, 6) is 0.794. The van der Waals surface area contributed by atoms with Crippen LogP contribution in [0, 0.1) is 5.82 Å². The van der Waals surface area contributed by atoms with Gasteiger partial charge in [-0.15, -0.1) is 0 Å². The minimum atomic E-state index is -0.423. The monoisotopic (exact) mass is 506 g/mol. The molecule has 2 aliphatic heterocycles. The Morgan fingerprint density at radius 1 is 1.47 bits per heavy atom. The molecule has 32 heavy (non-hydrogen) atoms. The Balaban J connectivity index is 1.36. The molecule has 170 valence electrons. The number of carbonyl (C=O) groups is 1. The molecule has 0 radical (unpaired) electrons. The number of aromatic amines is 1. The number of benzene rings is 1. The average Bonchev–Trinajstić information content (AvgIpc) is 3.69. The van der Waals surface area contributed by atoms with E-state index in [1.807, 2.05) is 0 Å². The van der Waals surface area contributed by atoms with Crippen molar-refractivity contribution in [1.29, 1.82) is 0 Å². The highest BCUT2D eigenvalue weighted by Crippen LogP contribution is 2.57. The predicted molar refractivity (Wildman–Crippen MR) is 120 cm³/mol. The van der Waals surface area contributed by atoms with Crippen LogP contribution < -0.4 is 20.6 Å². The predicted octanol–water partition coefficient (Wildman–Crippen LogP) is 2.92. The topological polar surface area (TPSA) is 87.3 Å². The maximum absolute atomic E-state index is 14.2. The number of H-pyrrole nitrogens is 1. The first-order valence-electron chi connectivity index (χ1n) is 10.9. The standard InChI is InChI=1S/C22H25BrFN5O3/c1-32-18-11-25-20(30)27-19(18)28-8-2-7-22(12-28)13-29(22,16-5-6-16)21(31)26-10-14-3-4-15(23)9-17(14)24/h3-4,9,11,16H,2,5-8,10,12-13H2,1H3,(H-,25,26,27,30,31)/p+1/t22-,29?/m0/s1. The molecule has 1 spiro atoms. The molecular weight excluding hydrogens is 481 g/mol. The van der Waals surface area contributed by atoms with Crippen molar-refractivity contribution in [2.24, 2.45) is 0 Å². The highest BCUT2D eigenvalue weighted by Gasteiger charge is 2.79. The Labute approximate surface area is 193 Å². The molecule has 10 heteroatoms. The van der Waals surface area contributed by atoms with Crippen LogP contribution in [0.15, 0.2) is 33.7 Å². The summed E-state index contributed by atoms with van der Waals surface area (Å²) < 4.78 is 20.7. The number of aromatic nitrogens is 2. The van der Waals surface area contributed by atoms with Gasteiger partial charge in [0.2, 0.25) is 0 Å². The molecule has 1 aromatic carbocycles. The fourth-order valence-corrected chi connectivity index (χ4v) is 5.74. The Bertz CT molecular complexity index is 1120. The van der Waals surface area contributed by atoms with Gasteiger partial charge in [-0.3, -0.25) is 4.98 Å². The van der Waals surface area contributed by atoms with E-state index < -0.39 is 5.69 Å². The van der Waals surface area contributed by atoms with Gasteiger partial charge in [0.25, 0.3) is 0 Å². The van der Waals surface area contributed by atoms with E-state index in [0.717, 1.165) is 38.8 Å². The molecular formula is C22H26BrFN5O3+. The molecule has 1 saturated carbocycles. The van der Waals surface area contributed by atoms with E-state index >= 15 is 0 Å². The second kappa shape index (κ2) is 7.84. The van der Waals surface area contributed by atoms with Crippen molar-refractivity contribution in [2.45, 2.75) is 43.8 Å². The maximum atomic E-state index is 14.2. The maximum Gasteiger partial charge on any atom is 0.417 e. The van der Waals surface area contributed by atoms with E-state index in [4.69, 9.17) is 4.74 Å². The second-order valence-electron chi connectivity index (χ2n) is 9.01. The highest BCUT2D eigenvalue weighted by atomic mass is 79.9. The molecule has 2 saturated heterocycles. The number of amides is 2. The molecule has 1 unspecified atom stereocenters. The zero-order valence-electron chi connectivity index (χ0n) is 17.9. The Kier molecular flexibility index (Phi) is 5.24. The quantitative estimate of drug-likeness (QED) is 0.480. The van der Waals surface area contributed by atoms with E-state index in [-0.39, 0.29) is 23.9 Å².